The third kappa shape index (κ3) is 4.63. The van der Waals surface area contributed by atoms with E-state index in [0.717, 1.165) is 53.3 Å². The summed E-state index contributed by atoms with van der Waals surface area (Å²) < 4.78 is 6.35. The Hall–Kier alpha value is -1.37. The van der Waals surface area contributed by atoms with E-state index >= 15 is 0 Å². The number of carbonyl (C=O) groups excluding carboxylic acids is 1. The molecule has 3 rings (SSSR count). The molecule has 0 radical (unpaired) electrons. The molecule has 0 spiro atoms. The van der Waals surface area contributed by atoms with Gasteiger partial charge in [0.15, 0.2) is 5.13 Å². The van der Waals surface area contributed by atoms with Crippen molar-refractivity contribution in [3.05, 3.63) is 18.2 Å². The van der Waals surface area contributed by atoms with Crippen LogP contribution in [0, 0.1) is 5.92 Å². The van der Waals surface area contributed by atoms with Crippen LogP contribution in [0.5, 0.6) is 5.75 Å². The Morgan fingerprint density at radius 2 is 2.00 bits per heavy atom. The van der Waals surface area contributed by atoms with Gasteiger partial charge in [0.1, 0.15) is 5.75 Å². The molecule has 0 saturated heterocycles. The lowest BCUT2D eigenvalue weighted by Gasteiger charge is -2.24. The van der Waals surface area contributed by atoms with E-state index in [4.69, 9.17) is 9.72 Å². The Bertz CT molecular complexity index is 713. The third-order valence-corrected chi connectivity index (χ3v) is 5.60. The van der Waals surface area contributed by atoms with Crippen molar-refractivity contribution in [2.24, 2.45) is 5.92 Å². The number of aromatic nitrogens is 1. The molecule has 138 valence electrons. The third-order valence-electron chi connectivity index (χ3n) is 4.56. The number of ether oxygens (including phenoxy) is 1. The highest BCUT2D eigenvalue weighted by Gasteiger charge is 2.29. The van der Waals surface area contributed by atoms with Gasteiger partial charge in [-0.25, -0.2) is 4.98 Å². The number of thiazole rings is 1. The van der Waals surface area contributed by atoms with Crippen molar-refractivity contribution in [2.45, 2.75) is 25.7 Å². The number of nitrogens with zero attached hydrogens (tertiary/aromatic N) is 3. The van der Waals surface area contributed by atoms with Gasteiger partial charge < -0.3 is 9.64 Å². The summed E-state index contributed by atoms with van der Waals surface area (Å²) in [6.45, 7) is 1.51. The number of amides is 1. The first-order valence-electron chi connectivity index (χ1n) is 8.49. The molecule has 0 unspecified atom stereocenters. The second-order valence-corrected chi connectivity index (χ2v) is 7.61. The first-order valence-corrected chi connectivity index (χ1v) is 9.31. The van der Waals surface area contributed by atoms with Gasteiger partial charge in [-0.15, -0.1) is 12.4 Å². The van der Waals surface area contributed by atoms with Crippen LogP contribution >= 0.6 is 23.7 Å². The molecular weight excluding hydrogens is 358 g/mol. The van der Waals surface area contributed by atoms with Crippen molar-refractivity contribution < 1.29 is 9.53 Å². The predicted octanol–water partition coefficient (Wildman–Crippen LogP) is 3.81. The number of likely N-dealkylation sites (N-methyl/N-ethyl adjacent to an activating group) is 1. The van der Waals surface area contributed by atoms with Gasteiger partial charge in [0.2, 0.25) is 5.91 Å². The summed E-state index contributed by atoms with van der Waals surface area (Å²) in [6, 6.07) is 5.85. The average Bonchev–Trinajstić information content (AvgIpc) is 3.23. The van der Waals surface area contributed by atoms with Crippen LogP contribution in [-0.4, -0.2) is 50.1 Å². The van der Waals surface area contributed by atoms with E-state index in [1.54, 1.807) is 18.4 Å². The molecule has 1 saturated carbocycles. The van der Waals surface area contributed by atoms with E-state index in [-0.39, 0.29) is 24.2 Å². The van der Waals surface area contributed by atoms with Crippen molar-refractivity contribution in [3.8, 4) is 5.75 Å². The molecule has 0 N–H and O–H groups in total. The number of halogens is 1. The highest BCUT2D eigenvalue weighted by molar-refractivity contribution is 7.22. The first-order chi connectivity index (χ1) is 11.6. The molecule has 1 amide bonds. The number of anilines is 1. The molecule has 1 aromatic heterocycles. The minimum atomic E-state index is 0. The summed E-state index contributed by atoms with van der Waals surface area (Å²) in [6.07, 6.45) is 4.34. The van der Waals surface area contributed by atoms with Gasteiger partial charge >= 0.3 is 0 Å². The second kappa shape index (κ2) is 8.83. The summed E-state index contributed by atoms with van der Waals surface area (Å²) in [5.41, 5.74) is 0.921. The molecular formula is C18H26ClN3O2S. The van der Waals surface area contributed by atoms with E-state index in [9.17, 15) is 4.79 Å². The monoisotopic (exact) mass is 383 g/mol. The molecule has 25 heavy (non-hydrogen) atoms. The lowest BCUT2D eigenvalue weighted by Crippen LogP contribution is -2.39. The van der Waals surface area contributed by atoms with Crippen molar-refractivity contribution in [1.82, 2.24) is 9.88 Å². The summed E-state index contributed by atoms with van der Waals surface area (Å²) in [4.78, 5) is 21.7. The Kier molecular flexibility index (Phi) is 7.04. The molecule has 0 aliphatic heterocycles. The highest BCUT2D eigenvalue weighted by Crippen LogP contribution is 2.34. The fraction of sp³-hybridized carbons (Fsp3) is 0.556. The van der Waals surface area contributed by atoms with Gasteiger partial charge in [0.25, 0.3) is 0 Å². The van der Waals surface area contributed by atoms with Crippen molar-refractivity contribution >= 4 is 45.0 Å². The molecule has 2 aromatic rings. The normalized spacial score (nSPS) is 14.7. The molecule has 0 bridgehead atoms. The number of rotatable bonds is 6. The van der Waals surface area contributed by atoms with E-state index in [1.807, 2.05) is 37.2 Å². The largest absolute Gasteiger partial charge is 0.497 e. The summed E-state index contributed by atoms with van der Waals surface area (Å²) in [7, 11) is 5.72. The van der Waals surface area contributed by atoms with Gasteiger partial charge in [-0.3, -0.25) is 9.69 Å². The number of hydrogen-bond acceptors (Lipinski definition) is 5. The first kappa shape index (κ1) is 19.9. The Morgan fingerprint density at radius 1 is 1.28 bits per heavy atom. The molecule has 0 atom stereocenters. The summed E-state index contributed by atoms with van der Waals surface area (Å²) >= 11 is 1.57. The minimum absolute atomic E-state index is 0. The molecule has 1 aromatic carbocycles. The molecule has 1 aliphatic rings. The fourth-order valence-corrected chi connectivity index (χ4v) is 4.15. The van der Waals surface area contributed by atoms with Gasteiger partial charge in [-0.2, -0.15) is 0 Å². The maximum absolute atomic E-state index is 13.0. The Balaban J connectivity index is 0.00000225. The maximum Gasteiger partial charge on any atom is 0.231 e. The molecule has 5 nitrogen and oxygen atoms in total. The SMILES string of the molecule is COc1ccc2nc(N(CCN(C)C)C(=O)C3CCCC3)sc2c1.Cl. The van der Waals surface area contributed by atoms with Crippen molar-refractivity contribution in [1.29, 1.82) is 0 Å². The zero-order valence-electron chi connectivity index (χ0n) is 15.0. The van der Waals surface area contributed by atoms with E-state index in [2.05, 4.69) is 4.90 Å². The zero-order chi connectivity index (χ0) is 17.1. The summed E-state index contributed by atoms with van der Waals surface area (Å²) in [5.74, 6) is 1.22. The van der Waals surface area contributed by atoms with Crippen LogP contribution in [-0.2, 0) is 4.79 Å². The molecule has 1 fully saturated rings. The standard InChI is InChI=1S/C18H25N3O2S.ClH/c1-20(2)10-11-21(17(22)13-6-4-5-7-13)18-19-15-9-8-14(23-3)12-16(15)24-18;/h8-9,12-13H,4-7,10-11H2,1-3H3;1H. The van der Waals surface area contributed by atoms with Crippen LogP contribution in [0.1, 0.15) is 25.7 Å². The predicted molar refractivity (Wildman–Crippen MR) is 106 cm³/mol. The van der Waals surface area contributed by atoms with Gasteiger partial charge in [-0.05, 0) is 45.1 Å². The fourth-order valence-electron chi connectivity index (χ4n) is 3.13. The quantitative estimate of drug-likeness (QED) is 0.760. The number of fused-ring (bicyclic) bond motifs is 1. The molecule has 1 heterocycles. The Morgan fingerprint density at radius 3 is 2.64 bits per heavy atom. The van der Waals surface area contributed by atoms with Crippen LogP contribution in [0.15, 0.2) is 18.2 Å². The lowest BCUT2D eigenvalue weighted by atomic mass is 10.1. The average molecular weight is 384 g/mol. The number of carbonyl (C=O) groups is 1. The topological polar surface area (TPSA) is 45.7 Å². The number of hydrogen-bond donors (Lipinski definition) is 0. The van der Waals surface area contributed by atoms with Crippen molar-refractivity contribution in [3.63, 3.8) is 0 Å². The molecule has 1 aliphatic carbocycles. The van der Waals surface area contributed by atoms with Crippen LogP contribution < -0.4 is 9.64 Å². The van der Waals surface area contributed by atoms with Gasteiger partial charge in [0.05, 0.1) is 17.3 Å². The van der Waals surface area contributed by atoms with Gasteiger partial charge in [0, 0.05) is 19.0 Å². The van der Waals surface area contributed by atoms with E-state index < -0.39 is 0 Å². The maximum atomic E-state index is 13.0. The number of benzene rings is 1. The zero-order valence-corrected chi connectivity index (χ0v) is 16.7. The second-order valence-electron chi connectivity index (χ2n) is 6.60. The van der Waals surface area contributed by atoms with Gasteiger partial charge in [-0.1, -0.05) is 24.2 Å². The van der Waals surface area contributed by atoms with E-state index in [1.165, 1.54) is 0 Å². The summed E-state index contributed by atoms with van der Waals surface area (Å²) in [5, 5.41) is 0.803. The smallest absolute Gasteiger partial charge is 0.231 e. The van der Waals surface area contributed by atoms with Crippen LogP contribution in [0.4, 0.5) is 5.13 Å². The Labute approximate surface area is 159 Å². The van der Waals surface area contributed by atoms with Crippen molar-refractivity contribution in [2.75, 3.05) is 39.2 Å². The van der Waals surface area contributed by atoms with Crippen LogP contribution in [0.25, 0.3) is 10.2 Å². The van der Waals surface area contributed by atoms with Crippen LogP contribution in [0.2, 0.25) is 0 Å². The van der Waals surface area contributed by atoms with Crippen LogP contribution in [0.3, 0.4) is 0 Å². The number of methoxy groups -OCH3 is 1. The van der Waals surface area contributed by atoms with E-state index in [0.29, 0.717) is 6.54 Å². The highest BCUT2D eigenvalue weighted by atomic mass is 35.5. The minimum Gasteiger partial charge on any atom is -0.497 e. The lowest BCUT2D eigenvalue weighted by molar-refractivity contribution is -0.122. The molecule has 7 heteroatoms.